The van der Waals surface area contributed by atoms with Crippen molar-refractivity contribution < 1.29 is 9.59 Å². The summed E-state index contributed by atoms with van der Waals surface area (Å²) in [6.45, 7) is 0. The molecule has 0 saturated carbocycles. The van der Waals surface area contributed by atoms with Crippen LogP contribution >= 0.6 is 23.4 Å². The van der Waals surface area contributed by atoms with Gasteiger partial charge in [0.1, 0.15) is 0 Å². The Hall–Kier alpha value is -2.84. The van der Waals surface area contributed by atoms with Crippen LogP contribution in [-0.4, -0.2) is 39.4 Å². The van der Waals surface area contributed by atoms with E-state index in [1.165, 1.54) is 11.8 Å². The summed E-state index contributed by atoms with van der Waals surface area (Å²) < 4.78 is 1.80. The van der Waals surface area contributed by atoms with Gasteiger partial charge in [-0.05, 0) is 30.3 Å². The van der Waals surface area contributed by atoms with Crippen molar-refractivity contribution in [2.75, 3.05) is 18.1 Å². The second kappa shape index (κ2) is 8.90. The molecule has 7 nitrogen and oxygen atoms in total. The lowest BCUT2D eigenvalue weighted by atomic mass is 10.2. The molecule has 28 heavy (non-hydrogen) atoms. The van der Waals surface area contributed by atoms with Gasteiger partial charge in [-0.25, -0.2) is 0 Å². The summed E-state index contributed by atoms with van der Waals surface area (Å²) in [6.07, 6.45) is 0. The molecule has 144 valence electrons. The van der Waals surface area contributed by atoms with Crippen molar-refractivity contribution in [3.8, 4) is 11.4 Å². The first kappa shape index (κ1) is 19.9. The van der Waals surface area contributed by atoms with E-state index in [0.29, 0.717) is 27.3 Å². The summed E-state index contributed by atoms with van der Waals surface area (Å²) in [6, 6.07) is 14.1. The molecule has 0 atom stereocenters. The molecule has 2 aromatic carbocycles. The van der Waals surface area contributed by atoms with Gasteiger partial charge < -0.3 is 15.2 Å². The zero-order valence-electron chi connectivity index (χ0n) is 15.3. The van der Waals surface area contributed by atoms with Crippen LogP contribution in [0.2, 0.25) is 5.02 Å². The molecule has 0 saturated heterocycles. The second-order valence-corrected chi connectivity index (χ2v) is 7.19. The molecule has 2 amide bonds. The topological polar surface area (TPSA) is 88.9 Å². The molecule has 0 radical (unpaired) electrons. The Labute approximate surface area is 171 Å². The van der Waals surface area contributed by atoms with Crippen molar-refractivity contribution >= 4 is 40.9 Å². The second-order valence-electron chi connectivity index (χ2n) is 5.84. The van der Waals surface area contributed by atoms with Gasteiger partial charge in [-0.15, -0.1) is 10.2 Å². The van der Waals surface area contributed by atoms with Crippen molar-refractivity contribution in [1.29, 1.82) is 0 Å². The number of aromatic nitrogens is 3. The van der Waals surface area contributed by atoms with Crippen molar-refractivity contribution in [2.45, 2.75) is 5.16 Å². The van der Waals surface area contributed by atoms with Crippen molar-refractivity contribution in [1.82, 2.24) is 20.1 Å². The Morgan fingerprint density at radius 1 is 1.14 bits per heavy atom. The minimum absolute atomic E-state index is 0.151. The van der Waals surface area contributed by atoms with Gasteiger partial charge in [-0.1, -0.05) is 41.6 Å². The van der Waals surface area contributed by atoms with E-state index in [-0.39, 0.29) is 17.6 Å². The normalized spacial score (nSPS) is 10.5. The summed E-state index contributed by atoms with van der Waals surface area (Å²) in [5, 5.41) is 14.8. The predicted molar refractivity (Wildman–Crippen MR) is 111 cm³/mol. The van der Waals surface area contributed by atoms with Crippen LogP contribution in [0, 0.1) is 0 Å². The first-order valence-electron chi connectivity index (χ1n) is 8.38. The Balaban J connectivity index is 1.64. The molecule has 0 unspecified atom stereocenters. The van der Waals surface area contributed by atoms with E-state index in [1.807, 2.05) is 25.2 Å². The van der Waals surface area contributed by atoms with E-state index >= 15 is 0 Å². The standard InChI is InChI=1S/C19H18ClN5O2S/c1-21-18(27)12-6-5-7-13(10-12)22-16(26)11-28-19-24-23-17(25(19)2)14-8-3-4-9-15(14)20/h3-10H,11H2,1-2H3,(H,21,27)(H,22,26). The summed E-state index contributed by atoms with van der Waals surface area (Å²) in [7, 11) is 3.38. The number of amides is 2. The maximum absolute atomic E-state index is 12.3. The molecule has 0 fully saturated rings. The summed E-state index contributed by atoms with van der Waals surface area (Å²) in [5.41, 5.74) is 1.81. The predicted octanol–water partition coefficient (Wildman–Crippen LogP) is 3.23. The average Bonchev–Trinajstić information content (AvgIpc) is 3.06. The number of nitrogens with one attached hydrogen (secondary N) is 2. The SMILES string of the molecule is CNC(=O)c1cccc(NC(=O)CSc2nnc(-c3ccccc3Cl)n2C)c1. The quantitative estimate of drug-likeness (QED) is 0.603. The molecular formula is C19H18ClN5O2S. The molecule has 0 aliphatic carbocycles. The van der Waals surface area contributed by atoms with Gasteiger partial charge >= 0.3 is 0 Å². The Bertz CT molecular complexity index is 1020. The number of nitrogens with zero attached hydrogens (tertiary/aromatic N) is 3. The smallest absolute Gasteiger partial charge is 0.251 e. The Morgan fingerprint density at radius 3 is 2.68 bits per heavy atom. The molecule has 1 aromatic heterocycles. The van der Waals surface area contributed by atoms with Crippen LogP contribution in [-0.2, 0) is 11.8 Å². The van der Waals surface area contributed by atoms with Crippen LogP contribution in [0.1, 0.15) is 10.4 Å². The van der Waals surface area contributed by atoms with E-state index in [9.17, 15) is 9.59 Å². The van der Waals surface area contributed by atoms with Crippen LogP contribution in [0.3, 0.4) is 0 Å². The fourth-order valence-corrected chi connectivity index (χ4v) is 3.46. The lowest BCUT2D eigenvalue weighted by Crippen LogP contribution is -2.19. The number of carbonyl (C=O) groups is 2. The fourth-order valence-electron chi connectivity index (χ4n) is 2.53. The largest absolute Gasteiger partial charge is 0.355 e. The Kier molecular flexibility index (Phi) is 6.33. The highest BCUT2D eigenvalue weighted by Gasteiger charge is 2.15. The number of hydrogen-bond donors (Lipinski definition) is 2. The van der Waals surface area contributed by atoms with E-state index in [4.69, 9.17) is 11.6 Å². The van der Waals surface area contributed by atoms with Gasteiger partial charge in [-0.2, -0.15) is 0 Å². The maximum atomic E-state index is 12.3. The van der Waals surface area contributed by atoms with Gasteiger partial charge in [-0.3, -0.25) is 9.59 Å². The number of hydrogen-bond acceptors (Lipinski definition) is 5. The minimum Gasteiger partial charge on any atom is -0.355 e. The summed E-state index contributed by atoms with van der Waals surface area (Å²) >= 11 is 7.49. The van der Waals surface area contributed by atoms with Crippen molar-refractivity contribution in [2.24, 2.45) is 7.05 Å². The van der Waals surface area contributed by atoms with Crippen LogP contribution in [0.25, 0.3) is 11.4 Å². The molecular weight excluding hydrogens is 398 g/mol. The maximum Gasteiger partial charge on any atom is 0.251 e. The first-order chi connectivity index (χ1) is 13.5. The van der Waals surface area contributed by atoms with Gasteiger partial charge in [0, 0.05) is 30.9 Å². The number of anilines is 1. The van der Waals surface area contributed by atoms with Crippen LogP contribution < -0.4 is 10.6 Å². The molecule has 0 aliphatic rings. The van der Waals surface area contributed by atoms with Crippen molar-refractivity contribution in [3.05, 3.63) is 59.1 Å². The van der Waals surface area contributed by atoms with Crippen molar-refractivity contribution in [3.63, 3.8) is 0 Å². The Morgan fingerprint density at radius 2 is 1.93 bits per heavy atom. The molecule has 3 aromatic rings. The number of carbonyl (C=O) groups excluding carboxylic acids is 2. The fraction of sp³-hybridized carbons (Fsp3) is 0.158. The van der Waals surface area contributed by atoms with Gasteiger partial charge in [0.15, 0.2) is 11.0 Å². The molecule has 3 rings (SSSR count). The van der Waals surface area contributed by atoms with E-state index in [2.05, 4.69) is 20.8 Å². The van der Waals surface area contributed by atoms with E-state index in [1.54, 1.807) is 41.9 Å². The van der Waals surface area contributed by atoms with Gasteiger partial charge in [0.25, 0.3) is 5.91 Å². The lowest BCUT2D eigenvalue weighted by molar-refractivity contribution is -0.113. The average molecular weight is 416 g/mol. The van der Waals surface area contributed by atoms with E-state index in [0.717, 1.165) is 5.56 Å². The highest BCUT2D eigenvalue weighted by Crippen LogP contribution is 2.28. The van der Waals surface area contributed by atoms with Gasteiger partial charge in [0.05, 0.1) is 10.8 Å². The molecule has 2 N–H and O–H groups in total. The first-order valence-corrected chi connectivity index (χ1v) is 9.75. The zero-order chi connectivity index (χ0) is 20.1. The summed E-state index contributed by atoms with van der Waals surface area (Å²) in [4.78, 5) is 24.0. The van der Waals surface area contributed by atoms with Crippen LogP contribution in [0.5, 0.6) is 0 Å². The monoisotopic (exact) mass is 415 g/mol. The number of benzene rings is 2. The molecule has 0 spiro atoms. The molecule has 0 aliphatic heterocycles. The van der Waals surface area contributed by atoms with Crippen LogP contribution in [0.4, 0.5) is 5.69 Å². The third-order valence-electron chi connectivity index (χ3n) is 3.92. The highest BCUT2D eigenvalue weighted by atomic mass is 35.5. The third-order valence-corrected chi connectivity index (χ3v) is 5.27. The minimum atomic E-state index is -0.211. The van der Waals surface area contributed by atoms with Crippen LogP contribution in [0.15, 0.2) is 53.7 Å². The molecule has 9 heteroatoms. The van der Waals surface area contributed by atoms with E-state index < -0.39 is 0 Å². The lowest BCUT2D eigenvalue weighted by Gasteiger charge is -2.07. The zero-order valence-corrected chi connectivity index (χ0v) is 16.8. The number of halogens is 1. The number of rotatable bonds is 6. The summed E-state index contributed by atoms with van der Waals surface area (Å²) in [5.74, 6) is 0.364. The molecule has 0 bridgehead atoms. The number of thioether (sulfide) groups is 1. The molecule has 1 heterocycles. The third kappa shape index (κ3) is 4.52. The van der Waals surface area contributed by atoms with Gasteiger partial charge in [0.2, 0.25) is 5.91 Å². The highest BCUT2D eigenvalue weighted by molar-refractivity contribution is 7.99.